The molecule has 3 N–H and O–H groups in total. The van der Waals surface area contributed by atoms with Gasteiger partial charge in [-0.05, 0) is 25.8 Å². The van der Waals surface area contributed by atoms with Gasteiger partial charge in [-0.1, -0.05) is 6.92 Å². The van der Waals surface area contributed by atoms with Crippen LogP contribution in [-0.4, -0.2) is 42.4 Å². The molecule has 0 aromatic rings. The first-order valence-corrected chi connectivity index (χ1v) is 5.80. The molecule has 1 aliphatic heterocycles. The molecule has 16 heavy (non-hydrogen) atoms. The smallest absolute Gasteiger partial charge is 0.259 e. The van der Waals surface area contributed by atoms with Crippen LogP contribution < -0.4 is 10.6 Å². The van der Waals surface area contributed by atoms with Crippen molar-refractivity contribution in [3.05, 3.63) is 0 Å². The van der Waals surface area contributed by atoms with Crippen molar-refractivity contribution in [2.45, 2.75) is 38.5 Å². The Hall–Kier alpha value is -0.680. The molecule has 1 rings (SSSR count). The van der Waals surface area contributed by atoms with Gasteiger partial charge in [0, 0.05) is 19.5 Å². The zero-order valence-electron chi connectivity index (χ0n) is 9.92. The van der Waals surface area contributed by atoms with Crippen LogP contribution in [-0.2, 0) is 4.79 Å². The lowest BCUT2D eigenvalue weighted by atomic mass is 10.0. The Labute approximate surface area is 95.6 Å². The van der Waals surface area contributed by atoms with E-state index in [2.05, 4.69) is 10.6 Å². The van der Waals surface area contributed by atoms with Crippen LogP contribution in [0.5, 0.6) is 0 Å². The van der Waals surface area contributed by atoms with Crippen molar-refractivity contribution < 1.29 is 14.3 Å². The van der Waals surface area contributed by atoms with Crippen LogP contribution in [0.15, 0.2) is 0 Å². The van der Waals surface area contributed by atoms with Gasteiger partial charge in [0.1, 0.15) is 0 Å². The van der Waals surface area contributed by atoms with Gasteiger partial charge in [-0.2, -0.15) is 0 Å². The van der Waals surface area contributed by atoms with Gasteiger partial charge in [-0.15, -0.1) is 0 Å². The quantitative estimate of drug-likeness (QED) is 0.635. The summed E-state index contributed by atoms with van der Waals surface area (Å²) < 4.78 is 13.9. The number of carbonyl (C=O) groups excluding carboxylic acids is 1. The number of aliphatic hydroxyl groups is 1. The fourth-order valence-electron chi connectivity index (χ4n) is 1.95. The number of hydrogen-bond donors (Lipinski definition) is 3. The van der Waals surface area contributed by atoms with E-state index >= 15 is 0 Å². The lowest BCUT2D eigenvalue weighted by molar-refractivity contribution is -0.131. The van der Waals surface area contributed by atoms with Gasteiger partial charge in [-0.25, -0.2) is 4.39 Å². The van der Waals surface area contributed by atoms with Gasteiger partial charge in [0.15, 0.2) is 0 Å². The number of nitrogens with one attached hydrogen (secondary N) is 2. The minimum atomic E-state index is -1.75. The van der Waals surface area contributed by atoms with Crippen molar-refractivity contribution in [3.63, 3.8) is 0 Å². The molecule has 0 saturated carbocycles. The van der Waals surface area contributed by atoms with Crippen LogP contribution in [0.25, 0.3) is 0 Å². The summed E-state index contributed by atoms with van der Waals surface area (Å²) in [4.78, 5) is 11.6. The van der Waals surface area contributed by atoms with Gasteiger partial charge in [0.2, 0.25) is 5.67 Å². The summed E-state index contributed by atoms with van der Waals surface area (Å²) in [6.07, 6.45) is 0.459. The number of halogens is 1. The minimum Gasteiger partial charge on any atom is -0.393 e. The van der Waals surface area contributed by atoms with E-state index in [0.29, 0.717) is 19.5 Å². The molecule has 4 nitrogen and oxygen atoms in total. The van der Waals surface area contributed by atoms with E-state index in [-0.39, 0.29) is 25.0 Å². The average molecular weight is 232 g/mol. The molecular weight excluding hydrogens is 211 g/mol. The highest BCUT2D eigenvalue weighted by Crippen LogP contribution is 2.19. The molecule has 0 bridgehead atoms. The Morgan fingerprint density at radius 2 is 2.31 bits per heavy atom. The predicted octanol–water partition coefficient (Wildman–Crippen LogP) is 0.211. The summed E-state index contributed by atoms with van der Waals surface area (Å²) in [5, 5.41) is 14.6. The van der Waals surface area contributed by atoms with Crippen LogP contribution in [0.4, 0.5) is 4.39 Å². The SMILES string of the molecule is CC(O)CC(C)CNC(=O)C1(F)CCNC1. The zero-order chi connectivity index (χ0) is 12.2. The van der Waals surface area contributed by atoms with Crippen LogP contribution >= 0.6 is 0 Å². The summed E-state index contributed by atoms with van der Waals surface area (Å²) in [7, 11) is 0. The van der Waals surface area contributed by atoms with Crippen molar-refractivity contribution in [2.75, 3.05) is 19.6 Å². The molecule has 0 radical (unpaired) electrons. The number of amides is 1. The topological polar surface area (TPSA) is 61.4 Å². The van der Waals surface area contributed by atoms with Gasteiger partial charge >= 0.3 is 0 Å². The molecule has 0 aromatic carbocycles. The van der Waals surface area contributed by atoms with E-state index in [1.54, 1.807) is 6.92 Å². The van der Waals surface area contributed by atoms with E-state index in [4.69, 9.17) is 5.11 Å². The van der Waals surface area contributed by atoms with Crippen LogP contribution in [0, 0.1) is 5.92 Å². The van der Waals surface area contributed by atoms with E-state index in [1.165, 1.54) is 0 Å². The monoisotopic (exact) mass is 232 g/mol. The molecule has 1 fully saturated rings. The second-order valence-corrected chi connectivity index (χ2v) is 4.79. The van der Waals surface area contributed by atoms with Gasteiger partial charge in [0.05, 0.1) is 6.10 Å². The molecule has 0 aliphatic carbocycles. The third-order valence-electron chi connectivity index (χ3n) is 2.86. The Kier molecular flexibility index (Phi) is 4.68. The zero-order valence-corrected chi connectivity index (χ0v) is 9.92. The molecule has 3 unspecified atom stereocenters. The van der Waals surface area contributed by atoms with Crippen molar-refractivity contribution >= 4 is 5.91 Å². The maximum Gasteiger partial charge on any atom is 0.259 e. The van der Waals surface area contributed by atoms with Crippen molar-refractivity contribution in [1.29, 1.82) is 0 Å². The number of aliphatic hydroxyl groups excluding tert-OH is 1. The third-order valence-corrected chi connectivity index (χ3v) is 2.86. The molecule has 5 heteroatoms. The van der Waals surface area contributed by atoms with Crippen molar-refractivity contribution in [1.82, 2.24) is 10.6 Å². The second-order valence-electron chi connectivity index (χ2n) is 4.79. The first kappa shape index (κ1) is 13.4. The van der Waals surface area contributed by atoms with E-state index in [9.17, 15) is 9.18 Å². The van der Waals surface area contributed by atoms with E-state index in [1.807, 2.05) is 6.92 Å². The first-order chi connectivity index (χ1) is 7.44. The highest BCUT2D eigenvalue weighted by Gasteiger charge is 2.41. The standard InChI is InChI=1S/C11H21FN2O2/c1-8(5-9(2)15)6-14-10(16)11(12)3-4-13-7-11/h8-9,13,15H,3-7H2,1-2H3,(H,14,16). The lowest BCUT2D eigenvalue weighted by Crippen LogP contribution is -2.46. The summed E-state index contributed by atoms with van der Waals surface area (Å²) in [5.41, 5.74) is -1.75. The van der Waals surface area contributed by atoms with Crippen LogP contribution in [0.2, 0.25) is 0 Å². The molecular formula is C11H21FN2O2. The predicted molar refractivity (Wildman–Crippen MR) is 59.8 cm³/mol. The molecule has 1 amide bonds. The molecule has 0 aromatic heterocycles. The van der Waals surface area contributed by atoms with Gasteiger partial charge in [-0.3, -0.25) is 4.79 Å². The summed E-state index contributed by atoms with van der Waals surface area (Å²) in [6.45, 7) is 4.69. The third kappa shape index (κ3) is 3.72. The first-order valence-electron chi connectivity index (χ1n) is 5.80. The van der Waals surface area contributed by atoms with Crippen molar-refractivity contribution in [3.8, 4) is 0 Å². The van der Waals surface area contributed by atoms with E-state index in [0.717, 1.165) is 0 Å². The van der Waals surface area contributed by atoms with E-state index < -0.39 is 11.6 Å². The van der Waals surface area contributed by atoms with Crippen molar-refractivity contribution in [2.24, 2.45) is 5.92 Å². The molecule has 3 atom stereocenters. The minimum absolute atomic E-state index is 0.101. The molecule has 94 valence electrons. The molecule has 1 saturated heterocycles. The Balaban J connectivity index is 2.29. The Morgan fingerprint density at radius 1 is 1.62 bits per heavy atom. The largest absolute Gasteiger partial charge is 0.393 e. The summed E-state index contributed by atoms with van der Waals surface area (Å²) >= 11 is 0. The van der Waals surface area contributed by atoms with Gasteiger partial charge < -0.3 is 15.7 Å². The van der Waals surface area contributed by atoms with Gasteiger partial charge in [0.25, 0.3) is 5.91 Å². The highest BCUT2D eigenvalue weighted by atomic mass is 19.1. The maximum atomic E-state index is 13.9. The molecule has 1 heterocycles. The fraction of sp³-hybridized carbons (Fsp3) is 0.909. The summed E-state index contributed by atoms with van der Waals surface area (Å²) in [6, 6.07) is 0. The maximum absolute atomic E-state index is 13.9. The highest BCUT2D eigenvalue weighted by molar-refractivity contribution is 5.85. The summed E-state index contributed by atoms with van der Waals surface area (Å²) in [5.74, 6) is -0.378. The second kappa shape index (κ2) is 5.59. The van der Waals surface area contributed by atoms with Crippen LogP contribution in [0.3, 0.4) is 0 Å². The average Bonchev–Trinajstić information content (AvgIpc) is 2.62. The number of alkyl halides is 1. The number of carbonyl (C=O) groups is 1. The number of rotatable bonds is 5. The Morgan fingerprint density at radius 3 is 2.81 bits per heavy atom. The Bertz CT molecular complexity index is 240. The molecule has 1 aliphatic rings. The molecule has 0 spiro atoms. The number of hydrogen-bond acceptors (Lipinski definition) is 3. The lowest BCUT2D eigenvalue weighted by Gasteiger charge is -2.20. The normalized spacial score (nSPS) is 28.8. The van der Waals surface area contributed by atoms with Crippen LogP contribution in [0.1, 0.15) is 26.7 Å². The fourth-order valence-corrected chi connectivity index (χ4v) is 1.95.